The van der Waals surface area contributed by atoms with Crippen molar-refractivity contribution in [3.63, 3.8) is 0 Å². The second-order valence-corrected chi connectivity index (χ2v) is 18.1. The number of esters is 3. The molecule has 6 nitrogen and oxygen atoms in total. The third-order valence-electron chi connectivity index (χ3n) is 11.8. The van der Waals surface area contributed by atoms with Gasteiger partial charge in [-0.1, -0.05) is 204 Å². The highest BCUT2D eigenvalue weighted by molar-refractivity contribution is 5.71. The summed E-state index contributed by atoms with van der Waals surface area (Å²) in [6.07, 6.45) is 62.3. The van der Waals surface area contributed by atoms with Crippen molar-refractivity contribution in [1.82, 2.24) is 0 Å². The molecule has 0 unspecified atom stereocenters. The number of unbranched alkanes of at least 4 members (excludes halogenated alkanes) is 30. The SMILES string of the molecule is CCCCC/C=C\C/C=C\CCCCCCCCCC(=O)OC[C@H](COC(=O)CCCCCCCCC/C=C\CCCCCC)OC(=O)CCCCCCC/C=C\CCCCCC. The molecule has 0 rings (SSSR count). The van der Waals surface area contributed by atoms with E-state index in [1.807, 2.05) is 0 Å². The second kappa shape index (κ2) is 52.0. The van der Waals surface area contributed by atoms with Crippen LogP contribution in [0.25, 0.3) is 0 Å². The maximum absolute atomic E-state index is 12.8. The van der Waals surface area contributed by atoms with E-state index in [0.29, 0.717) is 19.3 Å². The van der Waals surface area contributed by atoms with Gasteiger partial charge in [-0.05, 0) is 103 Å². The molecule has 0 bridgehead atoms. The molecule has 0 aromatic rings. The Morgan fingerprint density at radius 2 is 0.571 bits per heavy atom. The number of hydrogen-bond acceptors (Lipinski definition) is 6. The van der Waals surface area contributed by atoms with Crippen LogP contribution in [0.4, 0.5) is 0 Å². The highest BCUT2D eigenvalue weighted by atomic mass is 16.6. The summed E-state index contributed by atoms with van der Waals surface area (Å²) >= 11 is 0. The third kappa shape index (κ3) is 50.2. The molecule has 1 atom stereocenters. The number of hydrogen-bond donors (Lipinski definition) is 0. The molecule has 0 N–H and O–H groups in total. The predicted octanol–water partition coefficient (Wildman–Crippen LogP) is 17.9. The summed E-state index contributed by atoms with van der Waals surface area (Å²) in [5, 5.41) is 0. The molecule has 6 heteroatoms. The molecular weight excluding hydrogens is 781 g/mol. The molecule has 0 aromatic carbocycles. The van der Waals surface area contributed by atoms with Crippen LogP contribution in [0.5, 0.6) is 0 Å². The summed E-state index contributed by atoms with van der Waals surface area (Å²) < 4.78 is 16.8. The summed E-state index contributed by atoms with van der Waals surface area (Å²) in [5.74, 6) is -0.893. The zero-order valence-electron chi connectivity index (χ0n) is 41.8. The minimum atomic E-state index is -0.781. The van der Waals surface area contributed by atoms with Crippen LogP contribution < -0.4 is 0 Å². The molecule has 0 aliphatic carbocycles. The van der Waals surface area contributed by atoms with Gasteiger partial charge in [0.05, 0.1) is 0 Å². The van der Waals surface area contributed by atoms with Crippen LogP contribution in [-0.4, -0.2) is 37.2 Å². The van der Waals surface area contributed by atoms with E-state index < -0.39 is 6.10 Å². The van der Waals surface area contributed by atoms with Crippen molar-refractivity contribution in [2.75, 3.05) is 13.2 Å². The highest BCUT2D eigenvalue weighted by Gasteiger charge is 2.19. The van der Waals surface area contributed by atoms with E-state index in [4.69, 9.17) is 14.2 Å². The van der Waals surface area contributed by atoms with Crippen LogP contribution in [0.3, 0.4) is 0 Å². The van der Waals surface area contributed by atoms with Gasteiger partial charge in [-0.3, -0.25) is 14.4 Å². The van der Waals surface area contributed by atoms with Gasteiger partial charge < -0.3 is 14.2 Å². The van der Waals surface area contributed by atoms with Gasteiger partial charge in [-0.2, -0.15) is 0 Å². The molecular formula is C57H102O6. The van der Waals surface area contributed by atoms with Gasteiger partial charge in [-0.25, -0.2) is 0 Å². The van der Waals surface area contributed by atoms with Gasteiger partial charge in [0.15, 0.2) is 6.10 Å². The molecule has 366 valence electrons. The lowest BCUT2D eigenvalue weighted by molar-refractivity contribution is -0.167. The van der Waals surface area contributed by atoms with Crippen LogP contribution in [0.1, 0.15) is 278 Å². The molecule has 0 saturated heterocycles. The van der Waals surface area contributed by atoms with E-state index in [9.17, 15) is 14.4 Å². The maximum atomic E-state index is 12.8. The summed E-state index contributed by atoms with van der Waals surface area (Å²) in [5.41, 5.74) is 0. The lowest BCUT2D eigenvalue weighted by atomic mass is 10.1. The Labute approximate surface area is 390 Å². The monoisotopic (exact) mass is 883 g/mol. The topological polar surface area (TPSA) is 78.9 Å². The van der Waals surface area contributed by atoms with E-state index in [0.717, 1.165) is 83.5 Å². The lowest BCUT2D eigenvalue weighted by Crippen LogP contribution is -2.30. The highest BCUT2D eigenvalue weighted by Crippen LogP contribution is 2.15. The molecule has 0 saturated carbocycles. The first-order chi connectivity index (χ1) is 31.0. The molecule has 0 aliphatic rings. The van der Waals surface area contributed by atoms with Crippen molar-refractivity contribution < 1.29 is 28.6 Å². The van der Waals surface area contributed by atoms with Gasteiger partial charge in [-0.15, -0.1) is 0 Å². The van der Waals surface area contributed by atoms with Crippen LogP contribution in [-0.2, 0) is 28.6 Å². The van der Waals surface area contributed by atoms with Crippen LogP contribution in [0, 0.1) is 0 Å². The molecule has 0 amide bonds. The first kappa shape index (κ1) is 60.4. The molecule has 0 aromatic heterocycles. The fourth-order valence-corrected chi connectivity index (χ4v) is 7.64. The van der Waals surface area contributed by atoms with Crippen molar-refractivity contribution in [1.29, 1.82) is 0 Å². The first-order valence-electron chi connectivity index (χ1n) is 27.1. The van der Waals surface area contributed by atoms with Crippen molar-refractivity contribution in [3.8, 4) is 0 Å². The Morgan fingerprint density at radius 3 is 0.921 bits per heavy atom. The molecule has 0 fully saturated rings. The zero-order chi connectivity index (χ0) is 45.8. The van der Waals surface area contributed by atoms with E-state index >= 15 is 0 Å². The van der Waals surface area contributed by atoms with E-state index in [1.165, 1.54) is 154 Å². The lowest BCUT2D eigenvalue weighted by Gasteiger charge is -2.18. The largest absolute Gasteiger partial charge is 0.462 e. The fourth-order valence-electron chi connectivity index (χ4n) is 7.64. The van der Waals surface area contributed by atoms with Crippen LogP contribution >= 0.6 is 0 Å². The average Bonchev–Trinajstić information content (AvgIpc) is 3.28. The van der Waals surface area contributed by atoms with E-state index in [1.54, 1.807) is 0 Å². The Hall–Kier alpha value is -2.63. The standard InChI is InChI=1S/C57H102O6/c1-4-7-10-13-16-19-22-25-27-28-30-33-35-38-41-44-47-50-56(59)62-53-54(63-57(60)51-48-45-42-39-36-31-24-21-18-15-12-9-6-3)52-61-55(58)49-46-43-40-37-34-32-29-26-23-20-17-14-11-8-5-2/h16,19-21,23-25,27,54H,4-15,17-18,22,26,28-53H2,1-3H3/b19-16-,23-20-,24-21-,27-25-/t54-/m0/s1. The first-order valence-corrected chi connectivity index (χ1v) is 27.1. The molecule has 0 aliphatic heterocycles. The Balaban J connectivity index is 4.38. The predicted molar refractivity (Wildman–Crippen MR) is 270 cm³/mol. The minimum absolute atomic E-state index is 0.0802. The number of carbonyl (C=O) groups is 3. The fraction of sp³-hybridized carbons (Fsp3) is 0.807. The van der Waals surface area contributed by atoms with Gasteiger partial charge >= 0.3 is 17.9 Å². The quantitative estimate of drug-likeness (QED) is 0.0262. The molecule has 0 radical (unpaired) electrons. The zero-order valence-corrected chi connectivity index (χ0v) is 41.8. The van der Waals surface area contributed by atoms with Crippen LogP contribution in [0.15, 0.2) is 48.6 Å². The van der Waals surface area contributed by atoms with Crippen molar-refractivity contribution >= 4 is 17.9 Å². The van der Waals surface area contributed by atoms with Crippen LogP contribution in [0.2, 0.25) is 0 Å². The number of ether oxygens (including phenoxy) is 3. The molecule has 63 heavy (non-hydrogen) atoms. The van der Waals surface area contributed by atoms with Crippen molar-refractivity contribution in [3.05, 3.63) is 48.6 Å². The average molecular weight is 883 g/mol. The summed E-state index contributed by atoms with van der Waals surface area (Å²) in [4.78, 5) is 38.0. The third-order valence-corrected chi connectivity index (χ3v) is 11.8. The van der Waals surface area contributed by atoms with Gasteiger partial charge in [0.25, 0.3) is 0 Å². The molecule has 0 spiro atoms. The number of allylic oxidation sites excluding steroid dienone is 8. The van der Waals surface area contributed by atoms with Gasteiger partial charge in [0.2, 0.25) is 0 Å². The van der Waals surface area contributed by atoms with Gasteiger partial charge in [0.1, 0.15) is 13.2 Å². The second-order valence-electron chi connectivity index (χ2n) is 18.1. The Morgan fingerprint density at radius 1 is 0.317 bits per heavy atom. The van der Waals surface area contributed by atoms with Crippen molar-refractivity contribution in [2.24, 2.45) is 0 Å². The van der Waals surface area contributed by atoms with Crippen molar-refractivity contribution in [2.45, 2.75) is 284 Å². The normalized spacial score (nSPS) is 12.4. The Bertz CT molecular complexity index is 1110. The number of carbonyl (C=O) groups excluding carboxylic acids is 3. The minimum Gasteiger partial charge on any atom is -0.462 e. The summed E-state index contributed by atoms with van der Waals surface area (Å²) in [7, 11) is 0. The summed E-state index contributed by atoms with van der Waals surface area (Å²) in [6.45, 7) is 6.59. The maximum Gasteiger partial charge on any atom is 0.306 e. The van der Waals surface area contributed by atoms with E-state index in [-0.39, 0.29) is 31.1 Å². The molecule has 0 heterocycles. The van der Waals surface area contributed by atoms with E-state index in [2.05, 4.69) is 69.4 Å². The summed E-state index contributed by atoms with van der Waals surface area (Å²) in [6, 6.07) is 0. The number of rotatable bonds is 49. The van der Waals surface area contributed by atoms with Gasteiger partial charge in [0, 0.05) is 19.3 Å². The Kier molecular flexibility index (Phi) is 49.8. The smallest absolute Gasteiger partial charge is 0.306 e.